The first-order valence-electron chi connectivity index (χ1n) is 6.06. The van der Waals surface area contributed by atoms with Crippen molar-refractivity contribution in [3.05, 3.63) is 18.0 Å². The van der Waals surface area contributed by atoms with Gasteiger partial charge in [-0.1, -0.05) is 24.6 Å². The molecule has 0 aliphatic heterocycles. The number of alkyl halides is 3. The van der Waals surface area contributed by atoms with Crippen LogP contribution >= 0.6 is 11.8 Å². The predicted molar refractivity (Wildman–Crippen MR) is 64.8 cm³/mol. The van der Waals surface area contributed by atoms with Crippen molar-refractivity contribution in [1.29, 1.82) is 0 Å². The molecule has 0 N–H and O–H groups in total. The van der Waals surface area contributed by atoms with Gasteiger partial charge >= 0.3 is 6.18 Å². The molecule has 7 heteroatoms. The van der Waals surface area contributed by atoms with Crippen LogP contribution in [-0.2, 0) is 11.0 Å². The molecular weight excluding hydrogens is 277 g/mol. The Balaban J connectivity index is 2.12. The summed E-state index contributed by atoms with van der Waals surface area (Å²) in [5.41, 5.74) is -0.967. The van der Waals surface area contributed by atoms with Crippen molar-refractivity contribution in [2.75, 3.05) is 0 Å². The van der Waals surface area contributed by atoms with Gasteiger partial charge in [0.05, 0.1) is 5.25 Å². The summed E-state index contributed by atoms with van der Waals surface area (Å²) in [6.07, 6.45) is 0.554. The maximum absolute atomic E-state index is 12.5. The van der Waals surface area contributed by atoms with E-state index in [9.17, 15) is 18.0 Å². The minimum Gasteiger partial charge on any atom is -0.298 e. The Morgan fingerprint density at radius 1 is 1.26 bits per heavy atom. The van der Waals surface area contributed by atoms with Crippen LogP contribution in [0.15, 0.2) is 17.4 Å². The molecule has 1 aromatic rings. The second-order valence-corrected chi connectivity index (χ2v) is 5.56. The van der Waals surface area contributed by atoms with E-state index in [1.54, 1.807) is 0 Å². The number of hydrogen-bond donors (Lipinski definition) is 0. The molecule has 2 rings (SSSR count). The number of carbonyl (C=O) groups is 1. The van der Waals surface area contributed by atoms with Crippen LogP contribution in [0.2, 0.25) is 0 Å². The zero-order chi connectivity index (χ0) is 13.9. The van der Waals surface area contributed by atoms with E-state index >= 15 is 0 Å². The van der Waals surface area contributed by atoms with E-state index in [-0.39, 0.29) is 16.2 Å². The molecule has 3 nitrogen and oxygen atoms in total. The van der Waals surface area contributed by atoms with Crippen LogP contribution in [0.25, 0.3) is 0 Å². The second-order valence-electron chi connectivity index (χ2n) is 4.39. The Hall–Kier alpha value is -1.11. The lowest BCUT2D eigenvalue weighted by Gasteiger charge is -2.12. The van der Waals surface area contributed by atoms with Crippen LogP contribution in [0.5, 0.6) is 0 Å². The van der Waals surface area contributed by atoms with Crippen LogP contribution < -0.4 is 0 Å². The van der Waals surface area contributed by atoms with Crippen LogP contribution in [-0.4, -0.2) is 21.0 Å². The molecule has 1 saturated carbocycles. The van der Waals surface area contributed by atoms with Gasteiger partial charge in [0.1, 0.15) is 11.5 Å². The summed E-state index contributed by atoms with van der Waals surface area (Å²) in [6.45, 7) is 0. The molecule has 0 bridgehead atoms. The summed E-state index contributed by atoms with van der Waals surface area (Å²) in [4.78, 5) is 19.1. The molecule has 19 heavy (non-hydrogen) atoms. The Bertz CT molecular complexity index is 465. The van der Waals surface area contributed by atoms with Crippen LogP contribution in [0.4, 0.5) is 13.2 Å². The van der Waals surface area contributed by atoms with Crippen molar-refractivity contribution in [3.8, 4) is 0 Å². The van der Waals surface area contributed by atoms with E-state index in [1.807, 2.05) is 0 Å². The summed E-state index contributed by atoms with van der Waals surface area (Å²) >= 11 is 1.04. The summed E-state index contributed by atoms with van der Waals surface area (Å²) < 4.78 is 37.6. The zero-order valence-electron chi connectivity index (χ0n) is 10.1. The van der Waals surface area contributed by atoms with Gasteiger partial charge in [0.2, 0.25) is 0 Å². The van der Waals surface area contributed by atoms with E-state index < -0.39 is 11.9 Å². The quantitative estimate of drug-likeness (QED) is 0.617. The zero-order valence-corrected chi connectivity index (χ0v) is 10.9. The third-order valence-corrected chi connectivity index (χ3v) is 4.11. The normalized spacial score (nSPS) is 21.2. The topological polar surface area (TPSA) is 42.9 Å². The number of carbonyl (C=O) groups excluding carboxylic acids is 1. The molecule has 104 valence electrons. The van der Waals surface area contributed by atoms with Crippen molar-refractivity contribution >= 4 is 17.5 Å². The maximum atomic E-state index is 12.5. The molecule has 0 spiro atoms. The lowest BCUT2D eigenvalue weighted by Crippen LogP contribution is -2.16. The van der Waals surface area contributed by atoms with Crippen molar-refractivity contribution in [3.63, 3.8) is 0 Å². The number of aromatic nitrogens is 2. The van der Waals surface area contributed by atoms with E-state index in [0.29, 0.717) is 12.8 Å². The number of nitrogens with zero attached hydrogens (tertiary/aromatic N) is 2. The molecule has 0 unspecified atom stereocenters. The van der Waals surface area contributed by atoms with E-state index in [4.69, 9.17) is 0 Å². The maximum Gasteiger partial charge on any atom is 0.433 e. The average Bonchev–Trinajstić information content (AvgIpc) is 2.54. The molecule has 0 amide bonds. The molecule has 1 aliphatic carbocycles. The minimum atomic E-state index is -4.48. The Labute approximate surface area is 113 Å². The smallest absolute Gasteiger partial charge is 0.298 e. The highest BCUT2D eigenvalue weighted by atomic mass is 32.2. The summed E-state index contributed by atoms with van der Waals surface area (Å²) in [6, 6.07) is 0.832. The summed E-state index contributed by atoms with van der Waals surface area (Å²) in [5, 5.41) is -0.291. The number of Topliss-reactive ketones (excluding diaryl/α,β-unsaturated/α-hetero) is 1. The van der Waals surface area contributed by atoms with Gasteiger partial charge < -0.3 is 0 Å². The van der Waals surface area contributed by atoms with Crippen molar-refractivity contribution in [1.82, 2.24) is 9.97 Å². The van der Waals surface area contributed by atoms with Gasteiger partial charge in [-0.25, -0.2) is 9.97 Å². The number of hydrogen-bond acceptors (Lipinski definition) is 4. The van der Waals surface area contributed by atoms with Gasteiger partial charge in [0, 0.05) is 12.6 Å². The number of thioether (sulfide) groups is 1. The standard InChI is InChI=1S/C12H13F3N2OS/c13-12(14,15)10-6-7-16-11(17-10)19-9-5-3-1-2-4-8(9)18/h6-7,9H,1-5H2/t9-/m0/s1. The Morgan fingerprint density at radius 3 is 2.79 bits per heavy atom. The number of ketones is 1. The Morgan fingerprint density at radius 2 is 2.05 bits per heavy atom. The lowest BCUT2D eigenvalue weighted by molar-refractivity contribution is -0.141. The van der Waals surface area contributed by atoms with Gasteiger partial charge in [-0.05, 0) is 18.9 Å². The number of rotatable bonds is 2. The van der Waals surface area contributed by atoms with Crippen molar-refractivity contribution in [2.45, 2.75) is 48.7 Å². The molecule has 1 atom stereocenters. The highest BCUT2D eigenvalue weighted by molar-refractivity contribution is 8.00. The van der Waals surface area contributed by atoms with E-state index in [0.717, 1.165) is 43.3 Å². The summed E-state index contributed by atoms with van der Waals surface area (Å²) in [7, 11) is 0. The molecular formula is C12H13F3N2OS. The highest BCUT2D eigenvalue weighted by Gasteiger charge is 2.33. The highest BCUT2D eigenvalue weighted by Crippen LogP contribution is 2.32. The largest absolute Gasteiger partial charge is 0.433 e. The minimum absolute atomic E-state index is 0.0232. The van der Waals surface area contributed by atoms with Crippen LogP contribution in [0.3, 0.4) is 0 Å². The third kappa shape index (κ3) is 3.92. The van der Waals surface area contributed by atoms with Crippen LogP contribution in [0.1, 0.15) is 37.8 Å². The monoisotopic (exact) mass is 290 g/mol. The third-order valence-electron chi connectivity index (χ3n) is 2.92. The molecule has 1 fully saturated rings. The predicted octanol–water partition coefficient (Wildman–Crippen LogP) is 3.49. The molecule has 1 aromatic heterocycles. The first kappa shape index (κ1) is 14.3. The van der Waals surface area contributed by atoms with Gasteiger partial charge in [0.25, 0.3) is 0 Å². The fourth-order valence-corrected chi connectivity index (χ4v) is 3.00. The van der Waals surface area contributed by atoms with E-state index in [2.05, 4.69) is 9.97 Å². The Kier molecular flexibility index (Phi) is 4.44. The average molecular weight is 290 g/mol. The molecule has 1 aliphatic rings. The van der Waals surface area contributed by atoms with Crippen molar-refractivity contribution in [2.24, 2.45) is 0 Å². The second kappa shape index (κ2) is 5.90. The number of halogens is 3. The summed E-state index contributed by atoms with van der Waals surface area (Å²) in [5.74, 6) is 0.0866. The SMILES string of the molecule is O=C1CCCCC[C@@H]1Sc1nccc(C(F)(F)F)n1. The van der Waals surface area contributed by atoms with E-state index in [1.165, 1.54) is 0 Å². The van der Waals surface area contributed by atoms with Crippen molar-refractivity contribution < 1.29 is 18.0 Å². The van der Waals surface area contributed by atoms with Gasteiger partial charge in [-0.15, -0.1) is 0 Å². The van der Waals surface area contributed by atoms with Gasteiger partial charge in [-0.3, -0.25) is 4.79 Å². The lowest BCUT2D eigenvalue weighted by atomic mass is 10.2. The molecule has 0 aromatic carbocycles. The first-order valence-corrected chi connectivity index (χ1v) is 6.94. The molecule has 0 radical (unpaired) electrons. The fraction of sp³-hybridized carbons (Fsp3) is 0.583. The first-order chi connectivity index (χ1) is 8.97. The fourth-order valence-electron chi connectivity index (χ4n) is 1.94. The van der Waals surface area contributed by atoms with Gasteiger partial charge in [-0.2, -0.15) is 13.2 Å². The molecule has 1 heterocycles. The molecule has 0 saturated heterocycles. The van der Waals surface area contributed by atoms with Gasteiger partial charge in [0.15, 0.2) is 5.16 Å². The van der Waals surface area contributed by atoms with Crippen LogP contribution in [0, 0.1) is 0 Å².